The van der Waals surface area contributed by atoms with Gasteiger partial charge < -0.3 is 15.3 Å². The van der Waals surface area contributed by atoms with Gasteiger partial charge in [-0.25, -0.2) is 4.79 Å². The molecule has 54 valence electrons. The maximum absolute atomic E-state index is 9.91. The number of aliphatic carboxylic acids is 1. The lowest BCUT2D eigenvalue weighted by Gasteiger charge is -2.08. The number of carboxylic acids is 1. The van der Waals surface area contributed by atoms with Gasteiger partial charge in [0.2, 0.25) is 0 Å². The van der Waals surface area contributed by atoms with Crippen LogP contribution in [0.25, 0.3) is 0 Å². The van der Waals surface area contributed by atoms with Crippen LogP contribution in [0, 0.1) is 0 Å². The molecule has 9 heavy (non-hydrogen) atoms. The van der Waals surface area contributed by atoms with Crippen LogP contribution in [0.15, 0.2) is 0 Å². The van der Waals surface area contributed by atoms with Gasteiger partial charge in [0.05, 0.1) is 11.4 Å². The molecule has 0 spiro atoms. The highest BCUT2D eigenvalue weighted by Crippen LogP contribution is 2.03. The van der Waals surface area contributed by atoms with Crippen LogP contribution in [-0.4, -0.2) is 38.8 Å². The first-order valence-corrected chi connectivity index (χ1v) is 3.17. The maximum Gasteiger partial charge on any atom is 0.333 e. The van der Waals surface area contributed by atoms with Crippen LogP contribution in [0.3, 0.4) is 0 Å². The molecule has 0 aliphatic heterocycles. The van der Waals surface area contributed by atoms with E-state index in [4.69, 9.17) is 15.3 Å². The Kier molecular flexibility index (Phi) is 3.76. The molecular weight excluding hydrogens is 192 g/mol. The van der Waals surface area contributed by atoms with Crippen LogP contribution in [0.1, 0.15) is 0 Å². The molecule has 0 aromatic rings. The first kappa shape index (κ1) is 8.87. The van der Waals surface area contributed by atoms with E-state index in [0.29, 0.717) is 0 Å². The zero-order chi connectivity index (χ0) is 7.44. The summed E-state index contributed by atoms with van der Waals surface area (Å²) in [5.74, 6) is -1.34. The Morgan fingerprint density at radius 1 is 1.67 bits per heavy atom. The smallest absolute Gasteiger partial charge is 0.333 e. The molecule has 0 saturated heterocycles. The van der Waals surface area contributed by atoms with Crippen molar-refractivity contribution in [1.82, 2.24) is 0 Å². The molecule has 0 amide bonds. The summed E-state index contributed by atoms with van der Waals surface area (Å²) in [4.78, 5) is 9.13. The summed E-state index contributed by atoms with van der Waals surface area (Å²) in [6.45, 7) is -0.395. The van der Waals surface area contributed by atoms with Crippen LogP contribution >= 0.6 is 15.9 Å². The van der Waals surface area contributed by atoms with Crippen molar-refractivity contribution in [2.24, 2.45) is 0 Å². The molecule has 0 aliphatic rings. The van der Waals surface area contributed by atoms with E-state index < -0.39 is 23.5 Å². The fraction of sp³-hybridized carbons (Fsp3) is 0.750. The number of halogens is 1. The van der Waals surface area contributed by atoms with Crippen LogP contribution in [0.2, 0.25) is 0 Å². The van der Waals surface area contributed by atoms with E-state index in [1.807, 2.05) is 0 Å². The largest absolute Gasteiger partial charge is 0.479 e. The van der Waals surface area contributed by atoms with Crippen molar-refractivity contribution in [2.75, 3.05) is 6.61 Å². The van der Waals surface area contributed by atoms with Crippen LogP contribution in [-0.2, 0) is 4.79 Å². The Balaban J connectivity index is 3.72. The van der Waals surface area contributed by atoms with Gasteiger partial charge in [0.1, 0.15) is 0 Å². The highest BCUT2D eigenvalue weighted by atomic mass is 79.9. The van der Waals surface area contributed by atoms with Crippen molar-refractivity contribution in [3.8, 4) is 0 Å². The van der Waals surface area contributed by atoms with E-state index in [1.54, 1.807) is 0 Å². The zero-order valence-corrected chi connectivity index (χ0v) is 6.08. The average Bonchev–Trinajstić information content (AvgIpc) is 1.84. The molecule has 0 heterocycles. The lowest BCUT2D eigenvalue weighted by Crippen LogP contribution is -2.31. The number of aliphatic hydroxyl groups excluding tert-OH is 2. The molecule has 2 atom stereocenters. The predicted molar refractivity (Wildman–Crippen MR) is 33.4 cm³/mol. The third-order valence-electron chi connectivity index (χ3n) is 0.770. The second kappa shape index (κ2) is 3.81. The summed E-state index contributed by atoms with van der Waals surface area (Å²) >= 11 is 2.76. The molecule has 4 nitrogen and oxygen atoms in total. The Bertz CT molecular complexity index is 105. The second-order valence-corrected chi connectivity index (χ2v) is 2.66. The van der Waals surface area contributed by atoms with Gasteiger partial charge >= 0.3 is 5.97 Å². The van der Waals surface area contributed by atoms with Gasteiger partial charge in [-0.3, -0.25) is 0 Å². The lowest BCUT2D eigenvalue weighted by molar-refractivity contribution is -0.146. The van der Waals surface area contributed by atoms with Gasteiger partial charge in [-0.05, 0) is 0 Å². The molecule has 0 saturated carbocycles. The molecule has 0 radical (unpaired) electrons. The summed E-state index contributed by atoms with van der Waals surface area (Å²) in [6.07, 6.45) is -1.53. The first-order valence-electron chi connectivity index (χ1n) is 2.25. The predicted octanol–water partition coefficient (Wildman–Crippen LogP) is -0.812. The highest BCUT2D eigenvalue weighted by Gasteiger charge is 2.21. The molecule has 5 heteroatoms. The van der Waals surface area contributed by atoms with Gasteiger partial charge in [0.15, 0.2) is 6.10 Å². The van der Waals surface area contributed by atoms with Crippen LogP contribution in [0.5, 0.6) is 0 Å². The molecule has 0 bridgehead atoms. The number of aliphatic hydroxyl groups is 2. The van der Waals surface area contributed by atoms with Crippen molar-refractivity contribution in [3.63, 3.8) is 0 Å². The lowest BCUT2D eigenvalue weighted by atomic mass is 10.3. The summed E-state index contributed by atoms with van der Waals surface area (Å²) in [6, 6.07) is 0. The SMILES string of the molecule is O=C(O)[C@H](O)[C@H](Br)CO. The standard InChI is InChI=1S/C4H7BrO4/c5-2(1-6)3(7)4(8)9/h2-3,6-7H,1H2,(H,8,9)/t2-,3-/m1/s1. The third-order valence-corrected chi connectivity index (χ3v) is 1.56. The van der Waals surface area contributed by atoms with E-state index in [-0.39, 0.29) is 0 Å². The topological polar surface area (TPSA) is 77.8 Å². The third kappa shape index (κ3) is 2.78. The van der Waals surface area contributed by atoms with Gasteiger partial charge in [-0.15, -0.1) is 0 Å². The number of hydrogen-bond acceptors (Lipinski definition) is 3. The number of carbonyl (C=O) groups is 1. The Hall–Kier alpha value is -0.130. The van der Waals surface area contributed by atoms with Crippen molar-refractivity contribution < 1.29 is 20.1 Å². The molecule has 0 aliphatic carbocycles. The monoisotopic (exact) mass is 198 g/mol. The van der Waals surface area contributed by atoms with Crippen molar-refractivity contribution in [1.29, 1.82) is 0 Å². The van der Waals surface area contributed by atoms with Crippen molar-refractivity contribution in [3.05, 3.63) is 0 Å². The summed E-state index contributed by atoms with van der Waals surface area (Å²) in [5.41, 5.74) is 0. The van der Waals surface area contributed by atoms with Gasteiger partial charge in [0.25, 0.3) is 0 Å². The molecule has 0 fully saturated rings. The summed E-state index contributed by atoms with van der Waals surface area (Å²) < 4.78 is 0. The average molecular weight is 199 g/mol. The number of alkyl halides is 1. The van der Waals surface area contributed by atoms with E-state index >= 15 is 0 Å². The van der Waals surface area contributed by atoms with Crippen LogP contribution < -0.4 is 0 Å². The minimum atomic E-state index is -1.53. The molecule has 0 aromatic carbocycles. The summed E-state index contributed by atoms with van der Waals surface area (Å²) in [7, 11) is 0. The maximum atomic E-state index is 9.91. The van der Waals surface area contributed by atoms with Crippen molar-refractivity contribution in [2.45, 2.75) is 10.9 Å². The fourth-order valence-electron chi connectivity index (χ4n) is 0.255. The minimum absolute atomic E-state index is 0.395. The minimum Gasteiger partial charge on any atom is -0.479 e. The van der Waals surface area contributed by atoms with E-state index in [0.717, 1.165) is 0 Å². The van der Waals surface area contributed by atoms with Gasteiger partial charge in [-0.1, -0.05) is 15.9 Å². The van der Waals surface area contributed by atoms with E-state index in [9.17, 15) is 4.79 Å². The Morgan fingerprint density at radius 2 is 2.11 bits per heavy atom. The first-order chi connectivity index (χ1) is 4.09. The molecule has 0 aromatic heterocycles. The van der Waals surface area contributed by atoms with Crippen LogP contribution in [0.4, 0.5) is 0 Å². The zero-order valence-electron chi connectivity index (χ0n) is 4.49. The molecule has 3 N–H and O–H groups in total. The van der Waals surface area contributed by atoms with Gasteiger partial charge in [0, 0.05) is 0 Å². The summed E-state index contributed by atoms with van der Waals surface area (Å²) in [5, 5.41) is 25.0. The normalized spacial score (nSPS) is 16.8. The van der Waals surface area contributed by atoms with E-state index in [2.05, 4.69) is 15.9 Å². The Labute approximate surface area is 60.2 Å². The second-order valence-electron chi connectivity index (χ2n) is 1.48. The van der Waals surface area contributed by atoms with E-state index in [1.165, 1.54) is 0 Å². The molecule has 0 unspecified atom stereocenters. The number of hydrogen-bond donors (Lipinski definition) is 3. The molecule has 0 rings (SSSR count). The molecular formula is C4H7BrO4. The Morgan fingerprint density at radius 3 is 2.22 bits per heavy atom. The number of carboxylic acid groups (broad SMARTS) is 1. The number of rotatable bonds is 3. The van der Waals surface area contributed by atoms with Gasteiger partial charge in [-0.2, -0.15) is 0 Å². The van der Waals surface area contributed by atoms with Crippen molar-refractivity contribution >= 4 is 21.9 Å². The quantitative estimate of drug-likeness (QED) is 0.519. The highest BCUT2D eigenvalue weighted by molar-refractivity contribution is 9.09. The fourth-order valence-corrected chi connectivity index (χ4v) is 0.481.